The Morgan fingerprint density at radius 1 is 0.645 bits per heavy atom. The molecule has 5 heteroatoms. The van der Waals surface area contributed by atoms with Gasteiger partial charge in [0.1, 0.15) is 0 Å². The van der Waals surface area contributed by atoms with Gasteiger partial charge in [0.25, 0.3) is 0 Å². The Labute approximate surface area is 183 Å². The van der Waals surface area contributed by atoms with Crippen LogP contribution >= 0.6 is 0 Å². The smallest absolute Gasteiger partial charge is 0.327 e. The van der Waals surface area contributed by atoms with Crippen LogP contribution in [0.2, 0.25) is 0 Å². The molecule has 4 aromatic rings. The van der Waals surface area contributed by atoms with E-state index < -0.39 is 6.28 Å². The quantitative estimate of drug-likeness (QED) is 0.491. The molecule has 3 aromatic heterocycles. The molecule has 0 radical (unpaired) electrons. The molecule has 0 saturated carbocycles. The van der Waals surface area contributed by atoms with Crippen LogP contribution in [0.5, 0.6) is 0 Å². The molecule has 0 amide bonds. The molecule has 1 aliphatic rings. The van der Waals surface area contributed by atoms with Gasteiger partial charge in [0.05, 0.1) is 6.54 Å². The fraction of sp³-hybridized carbons (Fsp3) is 0.115. The molecule has 0 spiro atoms. The van der Waals surface area contributed by atoms with Crippen molar-refractivity contribution < 1.29 is 4.39 Å². The summed E-state index contributed by atoms with van der Waals surface area (Å²) in [5.41, 5.74) is 6.83. The molecule has 0 bridgehead atoms. The van der Waals surface area contributed by atoms with E-state index in [1.54, 1.807) is 0 Å². The van der Waals surface area contributed by atoms with Crippen molar-refractivity contribution >= 4 is 28.5 Å². The lowest BCUT2D eigenvalue weighted by molar-refractivity contribution is -0.775. The first-order valence-corrected chi connectivity index (χ1v) is 10.7. The third-order valence-electron chi connectivity index (χ3n) is 6.65. The molecule has 152 valence electrons. The van der Waals surface area contributed by atoms with Gasteiger partial charge >= 0.3 is 6.28 Å². The molecule has 0 saturated heterocycles. The molecule has 1 aliphatic heterocycles. The molecule has 0 fully saturated rings. The van der Waals surface area contributed by atoms with E-state index in [4.69, 9.17) is 15.0 Å². The summed E-state index contributed by atoms with van der Waals surface area (Å²) in [6.45, 7) is 0.864. The normalized spacial score (nSPS) is 17.0. The van der Waals surface area contributed by atoms with Crippen LogP contribution < -0.4 is 11.2 Å². The van der Waals surface area contributed by atoms with E-state index in [1.807, 2.05) is 36.8 Å². The van der Waals surface area contributed by atoms with E-state index in [9.17, 15) is 0 Å². The first-order valence-electron chi connectivity index (χ1n) is 10.7. The molecule has 31 heavy (non-hydrogen) atoms. The molecule has 5 rings (SSSR count). The number of hydrogen-bond acceptors (Lipinski definition) is 3. The summed E-state index contributed by atoms with van der Waals surface area (Å²) < 4.78 is 0.726. The van der Waals surface area contributed by atoms with Gasteiger partial charge in [-0.2, -0.15) is 0 Å². The van der Waals surface area contributed by atoms with Gasteiger partial charge in [-0.15, -0.1) is 0 Å². The van der Waals surface area contributed by atoms with Crippen LogP contribution in [0.1, 0.15) is 11.3 Å². The number of nitrogens with zero attached hydrogens (tertiary/aromatic N) is 4. The largest absolute Gasteiger partial charge is 0.503 e. The molecule has 4 heterocycles. The molecule has 1 aromatic carbocycles. The first-order chi connectivity index (χ1) is 15.1. The highest BCUT2D eigenvalue weighted by atomic mass is 15.3. The first kappa shape index (κ1) is 19.4. The highest BCUT2D eigenvalue weighted by Gasteiger charge is 2.56. The highest BCUT2D eigenvalue weighted by Crippen LogP contribution is 2.43. The minimum atomic E-state index is -1.54. The average Bonchev–Trinajstić information content (AvgIpc) is 3.09. The Morgan fingerprint density at radius 2 is 1.19 bits per heavy atom. The van der Waals surface area contributed by atoms with Crippen molar-refractivity contribution in [3.8, 4) is 0 Å². The molecule has 0 N–H and O–H groups in total. The zero-order valence-corrected chi connectivity index (χ0v) is 17.9. The average molecular weight is 404 g/mol. The minimum absolute atomic E-state index is 0.726. The molecular formula is C26H25BN4. The Bertz CT molecular complexity index is 1170. The van der Waals surface area contributed by atoms with Crippen LogP contribution in [0.3, 0.4) is 0 Å². The van der Waals surface area contributed by atoms with Crippen LogP contribution in [0.4, 0.5) is 0 Å². The summed E-state index contributed by atoms with van der Waals surface area (Å²) in [5, 5.41) is 0. The third kappa shape index (κ3) is 3.01. The van der Waals surface area contributed by atoms with Gasteiger partial charge in [-0.1, -0.05) is 66.1 Å². The summed E-state index contributed by atoms with van der Waals surface area (Å²) in [6.07, 6.45) is 4.11. The number of quaternary nitrogens is 1. The van der Waals surface area contributed by atoms with Crippen molar-refractivity contribution in [3.05, 3.63) is 115 Å². The van der Waals surface area contributed by atoms with Gasteiger partial charge in [0.15, 0.2) is 0 Å². The number of benzene rings is 1. The van der Waals surface area contributed by atoms with E-state index in [0.29, 0.717) is 0 Å². The van der Waals surface area contributed by atoms with E-state index >= 15 is 0 Å². The second kappa shape index (κ2) is 7.60. The molecule has 4 nitrogen and oxygen atoms in total. The van der Waals surface area contributed by atoms with Crippen molar-refractivity contribution in [1.29, 1.82) is 0 Å². The fourth-order valence-electron chi connectivity index (χ4n) is 5.42. The predicted octanol–water partition coefficient (Wildman–Crippen LogP) is 3.17. The van der Waals surface area contributed by atoms with Crippen LogP contribution in [0.25, 0.3) is 11.0 Å². The topological polar surface area (TPSA) is 38.7 Å². The van der Waals surface area contributed by atoms with Crippen LogP contribution in [-0.2, 0) is 0 Å². The third-order valence-corrected chi connectivity index (χ3v) is 6.65. The van der Waals surface area contributed by atoms with Crippen LogP contribution in [0.15, 0.2) is 104 Å². The highest BCUT2D eigenvalue weighted by molar-refractivity contribution is 7.11. The Kier molecular flexibility index (Phi) is 4.76. The summed E-state index contributed by atoms with van der Waals surface area (Å²) in [4.78, 5) is 14.7. The van der Waals surface area contributed by atoms with Crippen molar-refractivity contribution in [1.82, 2.24) is 15.0 Å². The summed E-state index contributed by atoms with van der Waals surface area (Å²) >= 11 is 0. The maximum absolute atomic E-state index is 4.92. The maximum atomic E-state index is 4.92. The van der Waals surface area contributed by atoms with Gasteiger partial charge in [0, 0.05) is 38.4 Å². The molecule has 0 unspecified atom stereocenters. The zero-order chi connectivity index (χ0) is 21.3. The van der Waals surface area contributed by atoms with Crippen molar-refractivity contribution in [2.45, 2.75) is 0 Å². The standard InChI is InChI=1S/C26H25BN4/c1-31(2)20-22(21-12-4-3-5-13-21)26(23-14-6-9-17-28-23)27(31,24-15-7-10-18-29-24)25-16-8-11-19-30-25/h3-19H,20H2,1-2H3. The number of likely N-dealkylation sites (N-methyl/N-ethyl adjacent to an activating group) is 1. The second-order valence-electron chi connectivity index (χ2n) is 8.74. The van der Waals surface area contributed by atoms with Crippen molar-refractivity contribution in [2.75, 3.05) is 20.6 Å². The van der Waals surface area contributed by atoms with Gasteiger partial charge in [-0.3, -0.25) is 15.0 Å². The Hall–Kier alpha value is -3.57. The van der Waals surface area contributed by atoms with Crippen molar-refractivity contribution in [3.63, 3.8) is 0 Å². The zero-order valence-electron chi connectivity index (χ0n) is 17.9. The molecule has 0 atom stereocenters. The van der Waals surface area contributed by atoms with E-state index in [2.05, 4.69) is 80.8 Å². The summed E-state index contributed by atoms with van der Waals surface area (Å²) in [7, 11) is 4.59. The van der Waals surface area contributed by atoms with Crippen molar-refractivity contribution in [2.24, 2.45) is 0 Å². The number of aromatic nitrogens is 3. The second-order valence-corrected chi connectivity index (χ2v) is 8.74. The van der Waals surface area contributed by atoms with Gasteiger partial charge < -0.3 is 4.39 Å². The number of rotatable bonds is 4. The van der Waals surface area contributed by atoms with Gasteiger partial charge in [-0.05, 0) is 46.6 Å². The van der Waals surface area contributed by atoms with E-state index in [0.717, 1.165) is 27.8 Å². The Morgan fingerprint density at radius 3 is 1.71 bits per heavy atom. The van der Waals surface area contributed by atoms with Gasteiger partial charge in [-0.25, -0.2) is 0 Å². The predicted molar refractivity (Wildman–Crippen MR) is 128 cm³/mol. The molecular weight excluding hydrogens is 379 g/mol. The monoisotopic (exact) mass is 404 g/mol. The maximum Gasteiger partial charge on any atom is 0.327 e. The van der Waals surface area contributed by atoms with Gasteiger partial charge in [0.2, 0.25) is 0 Å². The lowest BCUT2D eigenvalue weighted by atomic mass is 9.24. The lowest BCUT2D eigenvalue weighted by Gasteiger charge is -2.51. The van der Waals surface area contributed by atoms with Crippen LogP contribution in [0, 0.1) is 0 Å². The lowest BCUT2D eigenvalue weighted by Crippen LogP contribution is -2.76. The number of hydrogen-bond donors (Lipinski definition) is 0. The Balaban J connectivity index is 1.94. The SMILES string of the molecule is C[N+]1(C)CC(c2ccccc2)=C(c2ccccn2)[B-]1(c1ccccn1)c1ccccn1. The van der Waals surface area contributed by atoms with Crippen LogP contribution in [-0.4, -0.2) is 46.3 Å². The minimum Gasteiger partial charge on any atom is -0.503 e. The summed E-state index contributed by atoms with van der Waals surface area (Å²) in [6, 6.07) is 29.2. The molecule has 0 aliphatic carbocycles. The fourth-order valence-corrected chi connectivity index (χ4v) is 5.42. The number of pyridine rings is 3. The van der Waals surface area contributed by atoms with E-state index in [-0.39, 0.29) is 0 Å². The van der Waals surface area contributed by atoms with E-state index in [1.165, 1.54) is 16.6 Å². The summed E-state index contributed by atoms with van der Waals surface area (Å²) in [5.74, 6) is 0.